The molecule has 0 aliphatic rings. The maximum absolute atomic E-state index is 10.7. The number of carbonyl (C=O) groups excluding carboxylic acids is 1. The van der Waals surface area contributed by atoms with Gasteiger partial charge in [0.15, 0.2) is 0 Å². The Morgan fingerprint density at radius 2 is 2.22 bits per heavy atom. The van der Waals surface area contributed by atoms with Gasteiger partial charge in [0.25, 0.3) is 0 Å². The van der Waals surface area contributed by atoms with Gasteiger partial charge < -0.3 is 0 Å². The van der Waals surface area contributed by atoms with Crippen LogP contribution in [0.3, 0.4) is 0 Å². The number of hydrogen-bond acceptors (Lipinski definition) is 3. The molecule has 0 rings (SSSR count). The summed E-state index contributed by atoms with van der Waals surface area (Å²) in [5.41, 5.74) is 2.59. The van der Waals surface area contributed by atoms with Crippen molar-refractivity contribution in [1.29, 1.82) is 0 Å². The Morgan fingerprint density at radius 3 is 2.56 bits per heavy atom. The van der Waals surface area contributed by atoms with Crippen LogP contribution in [0.1, 0.15) is 6.42 Å². The lowest BCUT2D eigenvalue weighted by Crippen LogP contribution is -2.36. The molecule has 0 atom stereocenters. The lowest BCUT2D eigenvalue weighted by atomic mass is 10.5. The maximum Gasteiger partial charge on any atom is 0.235 e. The molecule has 4 heteroatoms. The van der Waals surface area contributed by atoms with Crippen molar-refractivity contribution in [2.45, 2.75) is 6.42 Å². The van der Waals surface area contributed by atoms with E-state index in [1.54, 1.807) is 19.1 Å². The molecule has 0 aromatic rings. The van der Waals surface area contributed by atoms with E-state index in [2.05, 4.69) is 18.1 Å². The van der Waals surface area contributed by atoms with Crippen molar-refractivity contribution in [3.05, 3.63) is 0 Å². The average molecular weight is 148 g/mol. The van der Waals surface area contributed by atoms with Gasteiger partial charge in [-0.3, -0.25) is 10.2 Å². The predicted molar refractivity (Wildman–Crippen MR) is 40.3 cm³/mol. The summed E-state index contributed by atoms with van der Waals surface area (Å²) >= 11 is 3.90. The molecule has 0 saturated carbocycles. The number of hydrazine groups is 1. The lowest BCUT2D eigenvalue weighted by molar-refractivity contribution is -0.124. The molecule has 0 heterocycles. The molecule has 1 amide bonds. The maximum atomic E-state index is 10.7. The van der Waals surface area contributed by atoms with Crippen molar-refractivity contribution in [2.75, 3.05) is 19.8 Å². The van der Waals surface area contributed by atoms with Crippen LogP contribution < -0.4 is 5.43 Å². The second kappa shape index (κ2) is 4.64. The molecule has 0 unspecified atom stereocenters. The number of amides is 1. The number of hydrogen-bond donors (Lipinski definition) is 2. The molecule has 0 aliphatic heterocycles. The number of nitrogens with one attached hydrogen (secondary N) is 1. The third kappa shape index (κ3) is 5.65. The normalized spacial score (nSPS) is 9.78. The molecule has 0 aliphatic carbocycles. The highest BCUT2D eigenvalue weighted by Gasteiger charge is 1.97. The van der Waals surface area contributed by atoms with Crippen LogP contribution in [-0.4, -0.2) is 30.8 Å². The first-order valence-corrected chi connectivity index (χ1v) is 3.37. The fourth-order valence-corrected chi connectivity index (χ4v) is 0.610. The van der Waals surface area contributed by atoms with E-state index in [-0.39, 0.29) is 5.91 Å². The molecule has 0 saturated heterocycles. The molecule has 54 valence electrons. The summed E-state index contributed by atoms with van der Waals surface area (Å²) in [4.78, 5) is 10.7. The molecule has 1 N–H and O–H groups in total. The van der Waals surface area contributed by atoms with Gasteiger partial charge in [0, 0.05) is 20.5 Å². The summed E-state index contributed by atoms with van der Waals surface area (Å²) in [5.74, 6) is 0.606. The fourth-order valence-electron chi connectivity index (χ4n) is 0.407. The first kappa shape index (κ1) is 8.78. The summed E-state index contributed by atoms with van der Waals surface area (Å²) in [7, 11) is 3.55. The molecule has 0 radical (unpaired) electrons. The van der Waals surface area contributed by atoms with Crippen LogP contribution in [0, 0.1) is 0 Å². The zero-order chi connectivity index (χ0) is 7.28. The summed E-state index contributed by atoms with van der Waals surface area (Å²) in [6.45, 7) is 0. The monoisotopic (exact) mass is 148 g/mol. The van der Waals surface area contributed by atoms with Crippen LogP contribution >= 0.6 is 12.6 Å². The molecule has 0 fully saturated rings. The van der Waals surface area contributed by atoms with Crippen molar-refractivity contribution < 1.29 is 4.79 Å². The predicted octanol–water partition coefficient (Wildman–Crippen LogP) is -0.101. The summed E-state index contributed by atoms with van der Waals surface area (Å²) in [6, 6.07) is 0. The molecule has 0 bridgehead atoms. The molecule has 0 aromatic carbocycles. The fraction of sp³-hybridized carbons (Fsp3) is 0.800. The molecule has 3 nitrogen and oxygen atoms in total. The van der Waals surface area contributed by atoms with Gasteiger partial charge >= 0.3 is 0 Å². The van der Waals surface area contributed by atoms with E-state index in [0.29, 0.717) is 12.2 Å². The van der Waals surface area contributed by atoms with Gasteiger partial charge in [0.1, 0.15) is 0 Å². The Kier molecular flexibility index (Phi) is 4.53. The highest BCUT2D eigenvalue weighted by Crippen LogP contribution is 1.82. The van der Waals surface area contributed by atoms with Crippen molar-refractivity contribution >= 4 is 18.5 Å². The van der Waals surface area contributed by atoms with Gasteiger partial charge in [-0.1, -0.05) is 0 Å². The average Bonchev–Trinajstić information content (AvgIpc) is 1.63. The number of thiol groups is 1. The second-order valence-electron chi connectivity index (χ2n) is 1.90. The zero-order valence-corrected chi connectivity index (χ0v) is 6.61. The number of rotatable bonds is 3. The second-order valence-corrected chi connectivity index (χ2v) is 2.35. The topological polar surface area (TPSA) is 32.3 Å². The summed E-state index contributed by atoms with van der Waals surface area (Å²) in [5, 5.41) is 1.62. The van der Waals surface area contributed by atoms with Crippen LogP contribution in [0.5, 0.6) is 0 Å². The minimum Gasteiger partial charge on any atom is -0.289 e. The van der Waals surface area contributed by atoms with E-state index in [1.807, 2.05) is 0 Å². The van der Waals surface area contributed by atoms with Crippen LogP contribution in [-0.2, 0) is 4.79 Å². The summed E-state index contributed by atoms with van der Waals surface area (Å²) in [6.07, 6.45) is 0.474. The SMILES string of the molecule is CN(C)NC(=O)CCS. The van der Waals surface area contributed by atoms with E-state index < -0.39 is 0 Å². The van der Waals surface area contributed by atoms with Crippen LogP contribution in [0.4, 0.5) is 0 Å². The molecule has 0 aromatic heterocycles. The number of carbonyl (C=O) groups is 1. The van der Waals surface area contributed by atoms with Crippen LogP contribution in [0.25, 0.3) is 0 Å². The first-order chi connectivity index (χ1) is 4.16. The zero-order valence-electron chi connectivity index (χ0n) is 5.72. The first-order valence-electron chi connectivity index (χ1n) is 2.74. The van der Waals surface area contributed by atoms with E-state index >= 15 is 0 Å². The Hall–Kier alpha value is -0.220. The Morgan fingerprint density at radius 1 is 1.67 bits per heavy atom. The van der Waals surface area contributed by atoms with Crippen molar-refractivity contribution in [2.24, 2.45) is 0 Å². The molecular formula is C5H12N2OS. The van der Waals surface area contributed by atoms with Crippen LogP contribution in [0.2, 0.25) is 0 Å². The van der Waals surface area contributed by atoms with Crippen molar-refractivity contribution in [1.82, 2.24) is 10.4 Å². The minimum atomic E-state index is 0.00926. The van der Waals surface area contributed by atoms with Crippen molar-refractivity contribution in [3.63, 3.8) is 0 Å². The summed E-state index contributed by atoms with van der Waals surface area (Å²) < 4.78 is 0. The highest BCUT2D eigenvalue weighted by molar-refractivity contribution is 7.80. The van der Waals surface area contributed by atoms with Crippen LogP contribution in [0.15, 0.2) is 0 Å². The highest BCUT2D eigenvalue weighted by atomic mass is 32.1. The van der Waals surface area contributed by atoms with Gasteiger partial charge in [0.2, 0.25) is 5.91 Å². The quantitative estimate of drug-likeness (QED) is 0.433. The third-order valence-electron chi connectivity index (χ3n) is 0.687. The standard InChI is InChI=1S/C5H12N2OS/c1-7(2)6-5(8)3-4-9/h9H,3-4H2,1-2H3,(H,6,8). The van der Waals surface area contributed by atoms with Gasteiger partial charge in [-0.15, -0.1) is 0 Å². The lowest BCUT2D eigenvalue weighted by Gasteiger charge is -2.10. The van der Waals surface area contributed by atoms with Gasteiger partial charge in [-0.2, -0.15) is 12.6 Å². The van der Waals surface area contributed by atoms with E-state index in [9.17, 15) is 4.79 Å². The largest absolute Gasteiger partial charge is 0.289 e. The van der Waals surface area contributed by atoms with Crippen molar-refractivity contribution in [3.8, 4) is 0 Å². The number of nitrogens with zero attached hydrogens (tertiary/aromatic N) is 1. The molecule has 0 spiro atoms. The minimum absolute atomic E-state index is 0.00926. The smallest absolute Gasteiger partial charge is 0.235 e. The van der Waals surface area contributed by atoms with E-state index in [4.69, 9.17) is 0 Å². The molecule has 9 heavy (non-hydrogen) atoms. The van der Waals surface area contributed by atoms with Gasteiger partial charge in [-0.25, -0.2) is 5.01 Å². The van der Waals surface area contributed by atoms with Gasteiger partial charge in [0.05, 0.1) is 0 Å². The van der Waals surface area contributed by atoms with E-state index in [0.717, 1.165) is 0 Å². The Balaban J connectivity index is 3.27. The van der Waals surface area contributed by atoms with Gasteiger partial charge in [-0.05, 0) is 5.75 Å². The third-order valence-corrected chi connectivity index (χ3v) is 0.911. The Bertz CT molecular complexity index is 95.0. The van der Waals surface area contributed by atoms with E-state index in [1.165, 1.54) is 0 Å². The Labute approximate surface area is 60.8 Å². The molecular weight excluding hydrogens is 136 g/mol.